The molecule has 2 N–H and O–H groups in total. The van der Waals surface area contributed by atoms with Crippen molar-refractivity contribution in [2.24, 2.45) is 5.92 Å². The highest BCUT2D eigenvalue weighted by Crippen LogP contribution is 2.31. The summed E-state index contributed by atoms with van der Waals surface area (Å²) in [6, 6.07) is 5.94. The van der Waals surface area contributed by atoms with Crippen LogP contribution in [0.15, 0.2) is 23.0 Å². The lowest BCUT2D eigenvalue weighted by Crippen LogP contribution is -2.39. The maximum atomic E-state index is 13.0. The smallest absolute Gasteiger partial charge is 0.252 e. The Labute approximate surface area is 189 Å². The summed E-state index contributed by atoms with van der Waals surface area (Å²) in [4.78, 5) is 18.1. The van der Waals surface area contributed by atoms with Gasteiger partial charge in [-0.3, -0.25) is 9.69 Å². The van der Waals surface area contributed by atoms with Crippen LogP contribution < -0.4 is 5.56 Å². The van der Waals surface area contributed by atoms with Gasteiger partial charge in [0.1, 0.15) is 0 Å². The maximum Gasteiger partial charge on any atom is 0.252 e. The summed E-state index contributed by atoms with van der Waals surface area (Å²) in [5.41, 5.74) is 3.40. The summed E-state index contributed by atoms with van der Waals surface area (Å²) in [5, 5.41) is 23.5. The predicted molar refractivity (Wildman–Crippen MR) is 127 cm³/mol. The zero-order valence-corrected chi connectivity index (χ0v) is 20.3. The average Bonchev–Trinajstić information content (AvgIpc) is 3.19. The van der Waals surface area contributed by atoms with Gasteiger partial charge in [0.25, 0.3) is 5.56 Å². The Morgan fingerprint density at radius 2 is 1.94 bits per heavy atom. The summed E-state index contributed by atoms with van der Waals surface area (Å²) in [6.45, 7) is 15.4. The molecule has 3 rings (SSSR count). The van der Waals surface area contributed by atoms with Crippen molar-refractivity contribution in [1.82, 2.24) is 30.1 Å². The minimum absolute atomic E-state index is 0.0222. The highest BCUT2D eigenvalue weighted by atomic mass is 16.3. The van der Waals surface area contributed by atoms with Crippen LogP contribution in [0.1, 0.15) is 69.6 Å². The van der Waals surface area contributed by atoms with Gasteiger partial charge in [0.05, 0.1) is 18.2 Å². The van der Waals surface area contributed by atoms with Crippen LogP contribution in [0.25, 0.3) is 10.9 Å². The van der Waals surface area contributed by atoms with Gasteiger partial charge in [-0.2, -0.15) is 0 Å². The molecular formula is C24H36N6O2. The van der Waals surface area contributed by atoms with Crippen molar-refractivity contribution in [3.05, 3.63) is 51.1 Å². The van der Waals surface area contributed by atoms with Crippen LogP contribution in [0.3, 0.4) is 0 Å². The van der Waals surface area contributed by atoms with Crippen molar-refractivity contribution >= 4 is 10.9 Å². The zero-order valence-electron chi connectivity index (χ0n) is 20.3. The number of aliphatic hydroxyl groups excluding tert-OH is 1. The van der Waals surface area contributed by atoms with Crippen LogP contribution in [0, 0.1) is 19.8 Å². The lowest BCUT2D eigenvalue weighted by atomic mass is 9.97. The molecule has 0 aliphatic rings. The van der Waals surface area contributed by atoms with E-state index in [1.807, 2.05) is 23.7 Å². The molecular weight excluding hydrogens is 404 g/mol. The molecule has 0 saturated carbocycles. The number of hydrogen-bond donors (Lipinski definition) is 2. The van der Waals surface area contributed by atoms with Crippen LogP contribution in [-0.4, -0.2) is 48.3 Å². The van der Waals surface area contributed by atoms with Crippen LogP contribution in [0.5, 0.6) is 0 Å². The number of fused-ring (bicyclic) bond motifs is 1. The molecule has 0 amide bonds. The molecule has 8 heteroatoms. The van der Waals surface area contributed by atoms with Crippen LogP contribution in [0.2, 0.25) is 0 Å². The van der Waals surface area contributed by atoms with E-state index in [9.17, 15) is 9.90 Å². The van der Waals surface area contributed by atoms with Crippen molar-refractivity contribution in [1.29, 1.82) is 0 Å². The van der Waals surface area contributed by atoms with E-state index in [0.717, 1.165) is 34.3 Å². The summed E-state index contributed by atoms with van der Waals surface area (Å²) in [5.74, 6) is 0.923. The molecule has 0 radical (unpaired) electrons. The second-order valence-electron chi connectivity index (χ2n) is 9.66. The highest BCUT2D eigenvalue weighted by molar-refractivity contribution is 5.83. The topological polar surface area (TPSA) is 99.9 Å². The van der Waals surface area contributed by atoms with E-state index in [1.165, 1.54) is 0 Å². The SMILES string of the molecule is CCC(C)(C)n1nnnc1C(C(C)C)N(CCO)Cc1cc2c(C)cc(C)cc2[nH]c1=O. The van der Waals surface area contributed by atoms with Gasteiger partial charge in [-0.05, 0) is 73.7 Å². The van der Waals surface area contributed by atoms with Gasteiger partial charge in [0.2, 0.25) is 0 Å². The molecule has 1 aromatic carbocycles. The standard InChI is InChI=1S/C24H36N6O2/c1-8-24(6,7)30-22(26-27-28-30)21(15(2)3)29(9-10-31)14-18-13-19-17(5)11-16(4)12-20(19)25-23(18)32/h11-13,15,21,31H,8-10,14H2,1-7H3,(H,25,32). The van der Waals surface area contributed by atoms with Crippen molar-refractivity contribution in [3.8, 4) is 0 Å². The third-order valence-corrected chi connectivity index (χ3v) is 6.37. The summed E-state index contributed by atoms with van der Waals surface area (Å²) in [6.07, 6.45) is 0.874. The first-order chi connectivity index (χ1) is 15.1. The van der Waals surface area contributed by atoms with Gasteiger partial charge in [-0.1, -0.05) is 26.8 Å². The quantitative estimate of drug-likeness (QED) is 0.528. The second kappa shape index (κ2) is 9.50. The molecule has 0 fully saturated rings. The maximum absolute atomic E-state index is 13.0. The summed E-state index contributed by atoms with van der Waals surface area (Å²) < 4.78 is 1.89. The normalized spacial score (nSPS) is 13.4. The second-order valence-corrected chi connectivity index (χ2v) is 9.66. The van der Waals surface area contributed by atoms with E-state index in [1.54, 1.807) is 0 Å². The van der Waals surface area contributed by atoms with E-state index in [2.05, 4.69) is 73.0 Å². The first-order valence-corrected chi connectivity index (χ1v) is 11.4. The van der Waals surface area contributed by atoms with Crippen molar-refractivity contribution in [2.75, 3.05) is 13.2 Å². The third kappa shape index (κ3) is 4.76. The number of aryl methyl sites for hydroxylation is 2. The molecule has 0 bridgehead atoms. The predicted octanol–water partition coefficient (Wildman–Crippen LogP) is 3.47. The molecule has 0 spiro atoms. The lowest BCUT2D eigenvalue weighted by Gasteiger charge is -2.35. The largest absolute Gasteiger partial charge is 0.395 e. The van der Waals surface area contributed by atoms with E-state index >= 15 is 0 Å². The Balaban J connectivity index is 2.07. The Bertz CT molecular complexity index is 1130. The Morgan fingerprint density at radius 3 is 2.56 bits per heavy atom. The van der Waals surface area contributed by atoms with Crippen molar-refractivity contribution in [3.63, 3.8) is 0 Å². The number of tetrazole rings is 1. The van der Waals surface area contributed by atoms with Gasteiger partial charge in [0.15, 0.2) is 5.82 Å². The zero-order chi connectivity index (χ0) is 23.6. The molecule has 8 nitrogen and oxygen atoms in total. The Hall–Kier alpha value is -2.58. The number of pyridine rings is 1. The fourth-order valence-corrected chi connectivity index (χ4v) is 4.34. The highest BCUT2D eigenvalue weighted by Gasteiger charge is 2.33. The van der Waals surface area contributed by atoms with Crippen LogP contribution >= 0.6 is 0 Å². The number of benzene rings is 1. The fourth-order valence-electron chi connectivity index (χ4n) is 4.34. The fraction of sp³-hybridized carbons (Fsp3) is 0.583. The summed E-state index contributed by atoms with van der Waals surface area (Å²) >= 11 is 0. The number of rotatable bonds is 9. The third-order valence-electron chi connectivity index (χ3n) is 6.37. The number of aliphatic hydroxyl groups is 1. The van der Waals surface area contributed by atoms with E-state index in [0.29, 0.717) is 18.7 Å². The van der Waals surface area contributed by atoms with Gasteiger partial charge in [0, 0.05) is 29.6 Å². The van der Waals surface area contributed by atoms with E-state index in [-0.39, 0.29) is 29.7 Å². The Morgan fingerprint density at radius 1 is 1.22 bits per heavy atom. The number of nitrogens with zero attached hydrogens (tertiary/aromatic N) is 5. The first-order valence-electron chi connectivity index (χ1n) is 11.4. The molecule has 1 unspecified atom stereocenters. The van der Waals surface area contributed by atoms with E-state index in [4.69, 9.17) is 0 Å². The minimum Gasteiger partial charge on any atom is -0.395 e. The molecule has 0 aliphatic carbocycles. The molecule has 174 valence electrons. The molecule has 2 heterocycles. The van der Waals surface area contributed by atoms with Gasteiger partial charge in [-0.25, -0.2) is 4.68 Å². The molecule has 2 aromatic heterocycles. The van der Waals surface area contributed by atoms with Crippen LogP contribution in [-0.2, 0) is 12.1 Å². The number of nitrogens with one attached hydrogen (secondary N) is 1. The minimum atomic E-state index is -0.244. The Kier molecular flexibility index (Phi) is 7.15. The lowest BCUT2D eigenvalue weighted by molar-refractivity contribution is 0.0999. The number of hydrogen-bond acceptors (Lipinski definition) is 6. The molecule has 32 heavy (non-hydrogen) atoms. The van der Waals surface area contributed by atoms with Crippen molar-refractivity contribution < 1.29 is 5.11 Å². The molecule has 1 atom stereocenters. The van der Waals surface area contributed by atoms with Gasteiger partial charge in [-0.15, -0.1) is 5.10 Å². The molecule has 0 aliphatic heterocycles. The first kappa shape index (κ1) is 24.1. The van der Waals surface area contributed by atoms with E-state index < -0.39 is 0 Å². The molecule has 3 aromatic rings. The molecule has 0 saturated heterocycles. The number of aromatic amines is 1. The monoisotopic (exact) mass is 440 g/mol. The average molecular weight is 441 g/mol. The number of aromatic nitrogens is 5. The summed E-state index contributed by atoms with van der Waals surface area (Å²) in [7, 11) is 0. The van der Waals surface area contributed by atoms with Gasteiger partial charge < -0.3 is 10.1 Å². The van der Waals surface area contributed by atoms with Gasteiger partial charge >= 0.3 is 0 Å². The number of H-pyrrole nitrogens is 1. The van der Waals surface area contributed by atoms with Crippen LogP contribution in [0.4, 0.5) is 0 Å². The van der Waals surface area contributed by atoms with Crippen molar-refractivity contribution in [2.45, 2.75) is 73.0 Å².